The highest BCUT2D eigenvalue weighted by atomic mass is 16.5. The zero-order chi connectivity index (χ0) is 18.7. The summed E-state index contributed by atoms with van der Waals surface area (Å²) in [6.07, 6.45) is 1.42. The maximum Gasteiger partial charge on any atom is 0.275 e. The lowest BCUT2D eigenvalue weighted by atomic mass is 10.1. The normalized spacial score (nSPS) is 10.4. The van der Waals surface area contributed by atoms with Gasteiger partial charge in [0.1, 0.15) is 11.5 Å². The number of nitrogens with zero attached hydrogens (tertiary/aromatic N) is 2. The molecule has 0 unspecified atom stereocenters. The van der Waals surface area contributed by atoms with Crippen molar-refractivity contribution >= 4 is 23.3 Å². The molecule has 3 rings (SSSR count). The monoisotopic (exact) mass is 350 g/mol. The highest BCUT2D eigenvalue weighted by Crippen LogP contribution is 2.20. The molecule has 3 aromatic rings. The molecule has 0 aliphatic carbocycles. The second-order valence-electron chi connectivity index (χ2n) is 5.93. The van der Waals surface area contributed by atoms with E-state index >= 15 is 0 Å². The predicted molar refractivity (Wildman–Crippen MR) is 97.3 cm³/mol. The van der Waals surface area contributed by atoms with Gasteiger partial charge in [0, 0.05) is 23.5 Å². The topological polar surface area (TPSA) is 97.1 Å². The van der Waals surface area contributed by atoms with Crippen LogP contribution in [0.2, 0.25) is 0 Å². The van der Waals surface area contributed by atoms with Crippen LogP contribution in [0.1, 0.15) is 37.7 Å². The predicted octanol–water partition coefficient (Wildman–Crippen LogP) is 3.50. The van der Waals surface area contributed by atoms with Crippen LogP contribution in [0.3, 0.4) is 0 Å². The minimum Gasteiger partial charge on any atom is -0.360 e. The van der Waals surface area contributed by atoms with Gasteiger partial charge in [-0.15, -0.1) is 0 Å². The zero-order valence-electron chi connectivity index (χ0n) is 14.7. The van der Waals surface area contributed by atoms with E-state index in [1.54, 1.807) is 19.1 Å². The van der Waals surface area contributed by atoms with E-state index in [-0.39, 0.29) is 11.6 Å². The first-order valence-electron chi connectivity index (χ1n) is 8.02. The van der Waals surface area contributed by atoms with Crippen molar-refractivity contribution in [3.05, 3.63) is 70.7 Å². The van der Waals surface area contributed by atoms with Crippen LogP contribution in [0.25, 0.3) is 0 Å². The average Bonchev–Trinajstić information content (AvgIpc) is 3.03. The number of nitrogens with one attached hydrogen (secondary N) is 2. The minimum absolute atomic E-state index is 0.111. The fourth-order valence-electron chi connectivity index (χ4n) is 2.50. The summed E-state index contributed by atoms with van der Waals surface area (Å²) in [5, 5.41) is 9.16. The molecule has 132 valence electrons. The van der Waals surface area contributed by atoms with Crippen molar-refractivity contribution < 1.29 is 14.1 Å². The van der Waals surface area contributed by atoms with Crippen molar-refractivity contribution in [2.24, 2.45) is 0 Å². The number of benzene rings is 1. The van der Waals surface area contributed by atoms with Gasteiger partial charge in [-0.25, -0.2) is 0 Å². The Bertz CT molecular complexity index is 958. The van der Waals surface area contributed by atoms with E-state index in [1.165, 1.54) is 12.3 Å². The lowest BCUT2D eigenvalue weighted by molar-refractivity contribution is 0.102. The molecule has 0 aliphatic heterocycles. The molecule has 26 heavy (non-hydrogen) atoms. The lowest BCUT2D eigenvalue weighted by Crippen LogP contribution is -2.17. The van der Waals surface area contributed by atoms with Crippen molar-refractivity contribution in [2.45, 2.75) is 20.8 Å². The number of amides is 2. The molecule has 0 aliphatic rings. The second kappa shape index (κ2) is 7.18. The van der Waals surface area contributed by atoms with Crippen molar-refractivity contribution in [2.75, 3.05) is 10.6 Å². The molecule has 7 nitrogen and oxygen atoms in total. The smallest absolute Gasteiger partial charge is 0.275 e. The van der Waals surface area contributed by atoms with E-state index in [4.69, 9.17) is 4.52 Å². The molecule has 0 bridgehead atoms. The van der Waals surface area contributed by atoms with Crippen LogP contribution in [-0.2, 0) is 0 Å². The Balaban J connectivity index is 1.78. The number of aromatic nitrogens is 2. The van der Waals surface area contributed by atoms with Gasteiger partial charge in [-0.3, -0.25) is 14.6 Å². The Labute approximate surface area is 150 Å². The Hall–Kier alpha value is -3.48. The van der Waals surface area contributed by atoms with Crippen molar-refractivity contribution in [3.63, 3.8) is 0 Å². The summed E-state index contributed by atoms with van der Waals surface area (Å²) in [6, 6.07) is 10.4. The summed E-state index contributed by atoms with van der Waals surface area (Å²) in [6.45, 7) is 5.57. The summed E-state index contributed by atoms with van der Waals surface area (Å²) in [7, 11) is 0. The standard InChI is InChI=1S/C19H18N4O3/c1-11-5-4-6-12(2)17(11)22-18(24)14-7-8-20-15(10-14)19(25)21-16-9-13(3)26-23-16/h4-10H,1-3H3,(H,22,24)(H,21,23,25). The molecule has 0 fully saturated rings. The third kappa shape index (κ3) is 3.77. The van der Waals surface area contributed by atoms with Crippen LogP contribution in [0.4, 0.5) is 11.5 Å². The Morgan fingerprint density at radius 1 is 0.962 bits per heavy atom. The van der Waals surface area contributed by atoms with Crippen LogP contribution < -0.4 is 10.6 Å². The number of aryl methyl sites for hydroxylation is 3. The number of hydrogen-bond acceptors (Lipinski definition) is 5. The number of rotatable bonds is 4. The van der Waals surface area contributed by atoms with Crippen LogP contribution in [-0.4, -0.2) is 22.0 Å². The summed E-state index contributed by atoms with van der Waals surface area (Å²) < 4.78 is 4.90. The molecule has 2 heterocycles. The number of anilines is 2. The van der Waals surface area contributed by atoms with Gasteiger partial charge in [0.25, 0.3) is 11.8 Å². The van der Waals surface area contributed by atoms with E-state index in [0.717, 1.165) is 16.8 Å². The van der Waals surface area contributed by atoms with Crippen molar-refractivity contribution in [1.29, 1.82) is 0 Å². The third-order valence-corrected chi connectivity index (χ3v) is 3.84. The summed E-state index contributed by atoms with van der Waals surface area (Å²) in [5.41, 5.74) is 3.14. The van der Waals surface area contributed by atoms with Gasteiger partial charge in [-0.1, -0.05) is 23.4 Å². The minimum atomic E-state index is -0.472. The van der Waals surface area contributed by atoms with Crippen molar-refractivity contribution in [3.8, 4) is 0 Å². The molecular formula is C19H18N4O3. The van der Waals surface area contributed by atoms with Crippen LogP contribution in [0.15, 0.2) is 47.1 Å². The quantitative estimate of drug-likeness (QED) is 0.750. The number of hydrogen-bond donors (Lipinski definition) is 2. The van der Waals surface area contributed by atoms with Gasteiger partial charge >= 0.3 is 0 Å². The van der Waals surface area contributed by atoms with E-state index in [0.29, 0.717) is 17.1 Å². The fourth-order valence-corrected chi connectivity index (χ4v) is 2.50. The highest BCUT2D eigenvalue weighted by molar-refractivity contribution is 6.08. The van der Waals surface area contributed by atoms with Gasteiger partial charge in [0.2, 0.25) is 0 Å². The number of pyridine rings is 1. The Kier molecular flexibility index (Phi) is 4.79. The average molecular weight is 350 g/mol. The van der Waals surface area contributed by atoms with Crippen molar-refractivity contribution in [1.82, 2.24) is 10.1 Å². The molecule has 1 aromatic carbocycles. The lowest BCUT2D eigenvalue weighted by Gasteiger charge is -2.11. The first kappa shape index (κ1) is 17.3. The van der Waals surface area contributed by atoms with Gasteiger partial charge in [-0.2, -0.15) is 0 Å². The van der Waals surface area contributed by atoms with Gasteiger partial charge in [-0.05, 0) is 44.0 Å². The molecule has 0 spiro atoms. The maximum atomic E-state index is 12.6. The van der Waals surface area contributed by atoms with Gasteiger partial charge < -0.3 is 15.2 Å². The summed E-state index contributed by atoms with van der Waals surface area (Å²) >= 11 is 0. The third-order valence-electron chi connectivity index (χ3n) is 3.84. The SMILES string of the molecule is Cc1cc(NC(=O)c2cc(C(=O)Nc3c(C)cccc3C)ccn2)no1. The first-order chi connectivity index (χ1) is 12.4. The summed E-state index contributed by atoms with van der Waals surface area (Å²) in [5.74, 6) is 0.0887. The Morgan fingerprint density at radius 2 is 1.69 bits per heavy atom. The number of carbonyl (C=O) groups is 2. The fraction of sp³-hybridized carbons (Fsp3) is 0.158. The zero-order valence-corrected chi connectivity index (χ0v) is 14.7. The Morgan fingerprint density at radius 3 is 2.35 bits per heavy atom. The van der Waals surface area contributed by atoms with E-state index in [2.05, 4.69) is 20.8 Å². The highest BCUT2D eigenvalue weighted by Gasteiger charge is 2.15. The first-order valence-corrected chi connectivity index (χ1v) is 8.02. The van der Waals surface area contributed by atoms with Gasteiger partial charge in [0.05, 0.1) is 0 Å². The molecule has 0 saturated heterocycles. The summed E-state index contributed by atoms with van der Waals surface area (Å²) in [4.78, 5) is 28.9. The molecule has 0 atom stereocenters. The maximum absolute atomic E-state index is 12.6. The van der Waals surface area contributed by atoms with Crippen LogP contribution in [0, 0.1) is 20.8 Å². The molecule has 0 saturated carbocycles. The van der Waals surface area contributed by atoms with E-state index in [1.807, 2.05) is 32.0 Å². The molecule has 2 N–H and O–H groups in total. The number of para-hydroxylation sites is 1. The molecule has 2 aromatic heterocycles. The molecule has 2 amide bonds. The second-order valence-corrected chi connectivity index (χ2v) is 5.93. The largest absolute Gasteiger partial charge is 0.360 e. The molecule has 7 heteroatoms. The molecular weight excluding hydrogens is 332 g/mol. The van der Waals surface area contributed by atoms with Crippen LogP contribution in [0.5, 0.6) is 0 Å². The van der Waals surface area contributed by atoms with E-state index in [9.17, 15) is 9.59 Å². The van der Waals surface area contributed by atoms with Crippen LogP contribution >= 0.6 is 0 Å². The number of carbonyl (C=O) groups excluding carboxylic acids is 2. The van der Waals surface area contributed by atoms with E-state index < -0.39 is 5.91 Å². The van der Waals surface area contributed by atoms with Gasteiger partial charge in [0.15, 0.2) is 5.82 Å². The molecule has 0 radical (unpaired) electrons.